The Bertz CT molecular complexity index is 412. The van der Waals surface area contributed by atoms with Gasteiger partial charge in [0, 0.05) is 22.8 Å². The number of thioether (sulfide) groups is 1. The zero-order chi connectivity index (χ0) is 13.5. The van der Waals surface area contributed by atoms with E-state index in [1.54, 1.807) is 12.1 Å². The van der Waals surface area contributed by atoms with Crippen LogP contribution in [-0.4, -0.2) is 31.1 Å². The van der Waals surface area contributed by atoms with E-state index in [1.807, 2.05) is 17.8 Å². The van der Waals surface area contributed by atoms with Crippen LogP contribution in [-0.2, 0) is 11.3 Å². The molecule has 0 aromatic heterocycles. The Kier molecular flexibility index (Phi) is 6.75. The summed E-state index contributed by atoms with van der Waals surface area (Å²) in [5, 5.41) is 3.98. The van der Waals surface area contributed by atoms with E-state index >= 15 is 0 Å². The van der Waals surface area contributed by atoms with Crippen LogP contribution in [0.15, 0.2) is 22.7 Å². The van der Waals surface area contributed by atoms with Gasteiger partial charge in [0.1, 0.15) is 0 Å². The molecule has 18 heavy (non-hydrogen) atoms. The number of esters is 1. The SMILES string of the molecule is COC(=O)c1ccc(CNCC(C)SC)c(Br)c1. The molecule has 1 aromatic rings. The maximum Gasteiger partial charge on any atom is 0.337 e. The molecule has 1 rings (SSSR count). The van der Waals surface area contributed by atoms with Crippen molar-refractivity contribution in [3.8, 4) is 0 Å². The second-order valence-corrected chi connectivity index (χ2v) is 6.11. The average Bonchev–Trinajstić information content (AvgIpc) is 2.39. The number of nitrogens with one attached hydrogen (secondary N) is 1. The van der Waals surface area contributed by atoms with E-state index < -0.39 is 0 Å². The van der Waals surface area contributed by atoms with Gasteiger partial charge in [-0.3, -0.25) is 0 Å². The summed E-state index contributed by atoms with van der Waals surface area (Å²) < 4.78 is 5.61. The van der Waals surface area contributed by atoms with Crippen molar-refractivity contribution >= 4 is 33.7 Å². The Hall–Kier alpha value is -0.520. The van der Waals surface area contributed by atoms with Crippen LogP contribution in [0.4, 0.5) is 0 Å². The molecule has 1 atom stereocenters. The quantitative estimate of drug-likeness (QED) is 0.813. The first kappa shape index (κ1) is 15.5. The average molecular weight is 332 g/mol. The highest BCUT2D eigenvalue weighted by Crippen LogP contribution is 2.19. The number of carbonyl (C=O) groups excluding carboxylic acids is 1. The molecule has 5 heteroatoms. The van der Waals surface area contributed by atoms with Gasteiger partial charge in [0.05, 0.1) is 12.7 Å². The maximum atomic E-state index is 11.4. The van der Waals surface area contributed by atoms with Crippen molar-refractivity contribution < 1.29 is 9.53 Å². The topological polar surface area (TPSA) is 38.3 Å². The molecule has 0 bridgehead atoms. The Morgan fingerprint density at radius 3 is 2.83 bits per heavy atom. The maximum absolute atomic E-state index is 11.4. The first-order valence-electron chi connectivity index (χ1n) is 5.68. The molecule has 1 N–H and O–H groups in total. The van der Waals surface area contributed by atoms with Crippen LogP contribution in [0.25, 0.3) is 0 Å². The van der Waals surface area contributed by atoms with Gasteiger partial charge in [0.2, 0.25) is 0 Å². The third-order valence-electron chi connectivity index (χ3n) is 2.62. The van der Waals surface area contributed by atoms with Crippen LogP contribution in [0.1, 0.15) is 22.8 Å². The van der Waals surface area contributed by atoms with Gasteiger partial charge in [0.25, 0.3) is 0 Å². The summed E-state index contributed by atoms with van der Waals surface area (Å²) in [7, 11) is 1.38. The lowest BCUT2D eigenvalue weighted by molar-refractivity contribution is 0.0600. The van der Waals surface area contributed by atoms with E-state index in [2.05, 4.69) is 39.2 Å². The fourth-order valence-corrected chi connectivity index (χ4v) is 2.23. The number of ether oxygens (including phenoxy) is 1. The zero-order valence-corrected chi connectivity index (χ0v) is 13.2. The van der Waals surface area contributed by atoms with Gasteiger partial charge in [-0.05, 0) is 24.0 Å². The van der Waals surface area contributed by atoms with Gasteiger partial charge in [-0.1, -0.05) is 28.9 Å². The fourth-order valence-electron chi connectivity index (χ4n) is 1.43. The minimum atomic E-state index is -0.314. The second-order valence-electron chi connectivity index (χ2n) is 3.97. The molecule has 0 heterocycles. The van der Waals surface area contributed by atoms with Crippen molar-refractivity contribution in [3.05, 3.63) is 33.8 Å². The predicted molar refractivity (Wildman–Crippen MR) is 80.2 cm³/mol. The molecule has 1 aromatic carbocycles. The molecule has 3 nitrogen and oxygen atoms in total. The molecule has 0 aliphatic carbocycles. The number of halogens is 1. The van der Waals surface area contributed by atoms with Gasteiger partial charge >= 0.3 is 5.97 Å². The monoisotopic (exact) mass is 331 g/mol. The predicted octanol–water partition coefficient (Wildman–Crippen LogP) is 3.08. The van der Waals surface area contributed by atoms with Crippen LogP contribution < -0.4 is 5.32 Å². The smallest absolute Gasteiger partial charge is 0.337 e. The lowest BCUT2D eigenvalue weighted by Gasteiger charge is -2.11. The first-order valence-corrected chi connectivity index (χ1v) is 7.76. The zero-order valence-electron chi connectivity index (χ0n) is 10.8. The molecule has 100 valence electrons. The summed E-state index contributed by atoms with van der Waals surface area (Å²) in [6.07, 6.45) is 2.10. The van der Waals surface area contributed by atoms with Gasteiger partial charge in [-0.2, -0.15) is 11.8 Å². The summed E-state index contributed by atoms with van der Waals surface area (Å²) in [4.78, 5) is 11.4. The van der Waals surface area contributed by atoms with Crippen molar-refractivity contribution in [2.45, 2.75) is 18.7 Å². The van der Waals surface area contributed by atoms with Crippen molar-refractivity contribution in [3.63, 3.8) is 0 Å². The molecule has 0 aliphatic rings. The molecule has 0 saturated heterocycles. The van der Waals surface area contributed by atoms with Crippen LogP contribution >= 0.6 is 27.7 Å². The molecule has 0 amide bonds. The minimum absolute atomic E-state index is 0.314. The Morgan fingerprint density at radius 1 is 1.56 bits per heavy atom. The number of rotatable bonds is 6. The summed E-state index contributed by atoms with van der Waals surface area (Å²) in [6, 6.07) is 5.51. The van der Waals surface area contributed by atoms with Crippen LogP contribution in [0, 0.1) is 0 Å². The molecule has 0 saturated carbocycles. The lowest BCUT2D eigenvalue weighted by atomic mass is 10.1. The Balaban J connectivity index is 2.60. The van der Waals surface area contributed by atoms with E-state index in [9.17, 15) is 4.79 Å². The highest BCUT2D eigenvalue weighted by Gasteiger charge is 2.08. The summed E-state index contributed by atoms with van der Waals surface area (Å²) in [5.74, 6) is -0.314. The lowest BCUT2D eigenvalue weighted by Crippen LogP contribution is -2.22. The Morgan fingerprint density at radius 2 is 2.28 bits per heavy atom. The fraction of sp³-hybridized carbons (Fsp3) is 0.462. The highest BCUT2D eigenvalue weighted by molar-refractivity contribution is 9.10. The second kappa shape index (κ2) is 7.81. The number of benzene rings is 1. The molecule has 0 radical (unpaired) electrons. The third kappa shape index (κ3) is 4.63. The number of hydrogen-bond donors (Lipinski definition) is 1. The molecule has 1 unspecified atom stereocenters. The van der Waals surface area contributed by atoms with Crippen LogP contribution in [0.3, 0.4) is 0 Å². The summed E-state index contributed by atoms with van der Waals surface area (Å²) >= 11 is 5.31. The van der Waals surface area contributed by atoms with E-state index in [-0.39, 0.29) is 5.97 Å². The number of hydrogen-bond acceptors (Lipinski definition) is 4. The molecular formula is C13H18BrNO2S. The largest absolute Gasteiger partial charge is 0.465 e. The number of carbonyl (C=O) groups is 1. The van der Waals surface area contributed by atoms with Crippen LogP contribution in [0.5, 0.6) is 0 Å². The summed E-state index contributed by atoms with van der Waals surface area (Å²) in [6.45, 7) is 3.94. The molecule has 0 spiro atoms. The van der Waals surface area contributed by atoms with Crippen LogP contribution in [0.2, 0.25) is 0 Å². The molecule has 0 aliphatic heterocycles. The van der Waals surface area contributed by atoms with E-state index in [4.69, 9.17) is 0 Å². The van der Waals surface area contributed by atoms with Crippen molar-refractivity contribution in [2.75, 3.05) is 19.9 Å². The van der Waals surface area contributed by atoms with Crippen molar-refractivity contribution in [1.29, 1.82) is 0 Å². The first-order chi connectivity index (χ1) is 8.58. The minimum Gasteiger partial charge on any atom is -0.465 e. The Labute approximate surface area is 121 Å². The van der Waals surface area contributed by atoms with Gasteiger partial charge in [-0.15, -0.1) is 0 Å². The van der Waals surface area contributed by atoms with Gasteiger partial charge in [0.15, 0.2) is 0 Å². The van der Waals surface area contributed by atoms with Gasteiger partial charge < -0.3 is 10.1 Å². The van der Waals surface area contributed by atoms with E-state index in [0.717, 1.165) is 23.1 Å². The van der Waals surface area contributed by atoms with E-state index in [1.165, 1.54) is 7.11 Å². The molecular weight excluding hydrogens is 314 g/mol. The van der Waals surface area contributed by atoms with Crippen molar-refractivity contribution in [1.82, 2.24) is 5.32 Å². The van der Waals surface area contributed by atoms with Gasteiger partial charge in [-0.25, -0.2) is 4.79 Å². The third-order valence-corrected chi connectivity index (χ3v) is 4.33. The standard InChI is InChI=1S/C13H18BrNO2S/c1-9(18-3)7-15-8-11-5-4-10(6-12(11)14)13(16)17-2/h4-6,9,15H,7-8H2,1-3H3. The van der Waals surface area contributed by atoms with E-state index in [0.29, 0.717) is 10.8 Å². The highest BCUT2D eigenvalue weighted by atomic mass is 79.9. The van der Waals surface area contributed by atoms with Crippen molar-refractivity contribution in [2.24, 2.45) is 0 Å². The normalized spacial score (nSPS) is 12.2. The molecule has 0 fully saturated rings. The number of methoxy groups -OCH3 is 1. The summed E-state index contributed by atoms with van der Waals surface area (Å²) in [5.41, 5.74) is 1.70.